The average Bonchev–Trinajstić information content (AvgIpc) is 2.50. The third-order valence-electron chi connectivity index (χ3n) is 2.92. The quantitative estimate of drug-likeness (QED) is 0.503. The van der Waals surface area contributed by atoms with Gasteiger partial charge in [-0.3, -0.25) is 0 Å². The van der Waals surface area contributed by atoms with E-state index in [1.54, 1.807) is 31.4 Å². The van der Waals surface area contributed by atoms with Crippen LogP contribution in [0.1, 0.15) is 11.1 Å². The fourth-order valence-electron chi connectivity index (χ4n) is 1.94. The summed E-state index contributed by atoms with van der Waals surface area (Å²) < 4.78 is 10.3. The fourth-order valence-corrected chi connectivity index (χ4v) is 1.94. The molecule has 0 aromatic heterocycles. The second-order valence-electron chi connectivity index (χ2n) is 4.73. The smallest absolute Gasteiger partial charge is 0.331 e. The molecule has 114 valence electrons. The molecule has 22 heavy (non-hydrogen) atoms. The molecule has 0 atom stereocenters. The third kappa shape index (κ3) is 4.56. The second kappa shape index (κ2) is 7.17. The molecule has 5 nitrogen and oxygen atoms in total. The number of carbonyl (C=O) groups excluding carboxylic acids is 1. The van der Waals surface area contributed by atoms with Gasteiger partial charge in [0.2, 0.25) is 0 Å². The summed E-state index contributed by atoms with van der Waals surface area (Å²) in [5.74, 6) is 0.287. The zero-order valence-corrected chi connectivity index (χ0v) is 12.3. The lowest BCUT2D eigenvalue weighted by molar-refractivity contribution is -0.138. The van der Waals surface area contributed by atoms with E-state index >= 15 is 0 Å². The van der Waals surface area contributed by atoms with E-state index in [9.17, 15) is 4.79 Å². The molecule has 2 aromatic carbocycles. The van der Waals surface area contributed by atoms with Gasteiger partial charge in [-0.25, -0.2) is 4.79 Å². The SMILES string of the molecule is COc1cccc(/C=C/C(=O)OCc2cc(N)cc(N)c2)c1. The topological polar surface area (TPSA) is 87.6 Å². The summed E-state index contributed by atoms with van der Waals surface area (Å²) in [6.07, 6.45) is 3.03. The van der Waals surface area contributed by atoms with Crippen LogP contribution in [0.3, 0.4) is 0 Å². The minimum absolute atomic E-state index is 0.122. The molecule has 0 spiro atoms. The molecule has 0 aliphatic heterocycles. The predicted molar refractivity (Wildman–Crippen MR) is 87.1 cm³/mol. The van der Waals surface area contributed by atoms with Gasteiger partial charge >= 0.3 is 5.97 Å². The molecule has 2 aromatic rings. The summed E-state index contributed by atoms with van der Waals surface area (Å²) in [7, 11) is 1.59. The molecule has 0 aliphatic rings. The largest absolute Gasteiger partial charge is 0.497 e. The summed E-state index contributed by atoms with van der Waals surface area (Å²) in [4.78, 5) is 11.7. The number of ether oxygens (including phenoxy) is 2. The van der Waals surface area contributed by atoms with Crippen molar-refractivity contribution in [1.29, 1.82) is 0 Å². The van der Waals surface area contributed by atoms with Crippen molar-refractivity contribution < 1.29 is 14.3 Å². The second-order valence-corrected chi connectivity index (χ2v) is 4.73. The molecule has 0 amide bonds. The Morgan fingerprint density at radius 1 is 1.14 bits per heavy atom. The summed E-state index contributed by atoms with van der Waals surface area (Å²) >= 11 is 0. The number of hydrogen-bond acceptors (Lipinski definition) is 5. The minimum Gasteiger partial charge on any atom is -0.497 e. The first kappa shape index (κ1) is 15.4. The lowest BCUT2D eigenvalue weighted by Gasteiger charge is -2.05. The molecule has 0 unspecified atom stereocenters. The van der Waals surface area contributed by atoms with Gasteiger partial charge in [0.25, 0.3) is 0 Å². The van der Waals surface area contributed by atoms with E-state index in [0.29, 0.717) is 11.4 Å². The Morgan fingerprint density at radius 3 is 2.55 bits per heavy atom. The van der Waals surface area contributed by atoms with Gasteiger partial charge in [0, 0.05) is 17.5 Å². The maximum Gasteiger partial charge on any atom is 0.331 e. The van der Waals surface area contributed by atoms with E-state index in [2.05, 4.69) is 0 Å². The van der Waals surface area contributed by atoms with Crippen molar-refractivity contribution in [1.82, 2.24) is 0 Å². The van der Waals surface area contributed by atoms with Crippen LogP contribution in [0, 0.1) is 0 Å². The molecule has 0 aliphatic carbocycles. The van der Waals surface area contributed by atoms with Gasteiger partial charge in [0.05, 0.1) is 7.11 Å². The van der Waals surface area contributed by atoms with E-state index in [1.165, 1.54) is 6.08 Å². The molecular weight excluding hydrogens is 280 g/mol. The molecule has 0 saturated heterocycles. The van der Waals surface area contributed by atoms with Crippen molar-refractivity contribution >= 4 is 23.4 Å². The van der Waals surface area contributed by atoms with Crippen LogP contribution >= 0.6 is 0 Å². The number of nitrogen functional groups attached to an aromatic ring is 2. The Hall–Kier alpha value is -2.95. The maximum atomic E-state index is 11.7. The lowest BCUT2D eigenvalue weighted by Crippen LogP contribution is -2.02. The van der Waals surface area contributed by atoms with Crippen LogP contribution in [0.25, 0.3) is 6.08 Å². The van der Waals surface area contributed by atoms with Crippen LogP contribution in [0.5, 0.6) is 5.75 Å². The van der Waals surface area contributed by atoms with Crippen molar-refractivity contribution in [3.63, 3.8) is 0 Å². The van der Waals surface area contributed by atoms with Gasteiger partial charge in [-0.15, -0.1) is 0 Å². The standard InChI is InChI=1S/C17H18N2O3/c1-21-16-4-2-3-12(9-16)5-6-17(20)22-11-13-7-14(18)10-15(19)8-13/h2-10H,11,18-19H2,1H3/b6-5+. The summed E-state index contributed by atoms with van der Waals surface area (Å²) in [5, 5.41) is 0. The number of anilines is 2. The van der Waals surface area contributed by atoms with E-state index < -0.39 is 5.97 Å². The molecule has 0 bridgehead atoms. The van der Waals surface area contributed by atoms with Crippen LogP contribution in [0.2, 0.25) is 0 Å². The lowest BCUT2D eigenvalue weighted by atomic mass is 10.2. The van der Waals surface area contributed by atoms with E-state index in [-0.39, 0.29) is 6.61 Å². The Bertz CT molecular complexity index is 676. The number of carbonyl (C=O) groups is 1. The number of hydrogen-bond donors (Lipinski definition) is 2. The highest BCUT2D eigenvalue weighted by molar-refractivity contribution is 5.87. The van der Waals surface area contributed by atoms with Gasteiger partial charge in [0.1, 0.15) is 12.4 Å². The number of esters is 1. The summed E-state index contributed by atoms with van der Waals surface area (Å²) in [6.45, 7) is 0.122. The Morgan fingerprint density at radius 2 is 1.86 bits per heavy atom. The third-order valence-corrected chi connectivity index (χ3v) is 2.92. The number of nitrogens with two attached hydrogens (primary N) is 2. The van der Waals surface area contributed by atoms with Crippen LogP contribution in [0.15, 0.2) is 48.5 Å². The van der Waals surface area contributed by atoms with Crippen molar-refractivity contribution in [3.8, 4) is 5.75 Å². The monoisotopic (exact) mass is 298 g/mol. The van der Waals surface area contributed by atoms with Gasteiger partial charge in [0.15, 0.2) is 0 Å². The highest BCUT2D eigenvalue weighted by Gasteiger charge is 2.01. The zero-order chi connectivity index (χ0) is 15.9. The molecule has 0 radical (unpaired) electrons. The maximum absolute atomic E-state index is 11.7. The first-order valence-electron chi connectivity index (χ1n) is 6.70. The van der Waals surface area contributed by atoms with Crippen molar-refractivity contribution in [3.05, 3.63) is 59.7 Å². The first-order valence-corrected chi connectivity index (χ1v) is 6.70. The average molecular weight is 298 g/mol. The first-order chi connectivity index (χ1) is 10.6. The molecule has 2 rings (SSSR count). The number of methoxy groups -OCH3 is 1. The minimum atomic E-state index is -0.441. The zero-order valence-electron chi connectivity index (χ0n) is 12.3. The predicted octanol–water partition coefficient (Wildman–Crippen LogP) is 2.62. The summed E-state index contributed by atoms with van der Waals surface area (Å²) in [5.41, 5.74) is 14.0. The van der Waals surface area contributed by atoms with Crippen LogP contribution in [-0.4, -0.2) is 13.1 Å². The number of rotatable bonds is 5. The van der Waals surface area contributed by atoms with Gasteiger partial charge < -0.3 is 20.9 Å². The molecule has 5 heteroatoms. The van der Waals surface area contributed by atoms with E-state index in [0.717, 1.165) is 16.9 Å². The summed E-state index contributed by atoms with van der Waals surface area (Å²) in [6, 6.07) is 12.4. The van der Waals surface area contributed by atoms with E-state index in [1.807, 2.05) is 24.3 Å². The molecular formula is C17H18N2O3. The Labute approximate surface area is 129 Å². The molecule has 0 heterocycles. The Balaban J connectivity index is 1.93. The van der Waals surface area contributed by atoms with Gasteiger partial charge in [-0.2, -0.15) is 0 Å². The molecule has 4 N–H and O–H groups in total. The molecule has 0 saturated carbocycles. The van der Waals surface area contributed by atoms with Crippen LogP contribution in [-0.2, 0) is 16.1 Å². The van der Waals surface area contributed by atoms with Crippen molar-refractivity contribution in [2.24, 2.45) is 0 Å². The van der Waals surface area contributed by atoms with Crippen molar-refractivity contribution in [2.75, 3.05) is 18.6 Å². The highest BCUT2D eigenvalue weighted by atomic mass is 16.5. The molecule has 0 fully saturated rings. The number of benzene rings is 2. The van der Waals surface area contributed by atoms with Crippen LogP contribution < -0.4 is 16.2 Å². The fraction of sp³-hybridized carbons (Fsp3) is 0.118. The van der Waals surface area contributed by atoms with Crippen LogP contribution in [0.4, 0.5) is 11.4 Å². The van der Waals surface area contributed by atoms with E-state index in [4.69, 9.17) is 20.9 Å². The highest BCUT2D eigenvalue weighted by Crippen LogP contribution is 2.15. The Kier molecular flexibility index (Phi) is 5.03. The van der Waals surface area contributed by atoms with Gasteiger partial charge in [-0.05, 0) is 47.5 Å². The normalized spacial score (nSPS) is 10.6. The van der Waals surface area contributed by atoms with Gasteiger partial charge in [-0.1, -0.05) is 12.1 Å². The van der Waals surface area contributed by atoms with Crippen molar-refractivity contribution in [2.45, 2.75) is 6.61 Å².